The van der Waals surface area contributed by atoms with Crippen molar-refractivity contribution in [3.63, 3.8) is 0 Å². The van der Waals surface area contributed by atoms with E-state index in [0.29, 0.717) is 31.1 Å². The minimum atomic E-state index is -3.70. The van der Waals surface area contributed by atoms with Crippen molar-refractivity contribution in [2.45, 2.75) is 43.4 Å². The van der Waals surface area contributed by atoms with Crippen LogP contribution >= 0.6 is 22.7 Å². The molecule has 1 amide bonds. The predicted molar refractivity (Wildman–Crippen MR) is 136 cm³/mol. The Bertz CT molecular complexity index is 1200. The zero-order chi connectivity index (χ0) is 23.8. The van der Waals surface area contributed by atoms with Crippen LogP contribution in [0.15, 0.2) is 33.9 Å². The quantitative estimate of drug-likeness (QED) is 0.460. The van der Waals surface area contributed by atoms with E-state index in [1.807, 2.05) is 14.1 Å². The lowest BCUT2D eigenvalue weighted by Crippen LogP contribution is -2.48. The summed E-state index contributed by atoms with van der Waals surface area (Å²) in [7, 11) is 0.307. The lowest BCUT2D eigenvalue weighted by Gasteiger charge is -2.28. The molecule has 3 aromatic rings. The number of rotatable bonds is 8. The number of carbonyl (C=O) groups is 1. The van der Waals surface area contributed by atoms with Gasteiger partial charge in [0.15, 0.2) is 5.13 Å². The van der Waals surface area contributed by atoms with Gasteiger partial charge in [0.2, 0.25) is 5.91 Å². The Kier molecular flexibility index (Phi) is 7.20. The minimum absolute atomic E-state index is 0.182. The van der Waals surface area contributed by atoms with Gasteiger partial charge in [-0.3, -0.25) is 9.69 Å². The Morgan fingerprint density at radius 2 is 1.97 bits per heavy atom. The highest BCUT2D eigenvalue weighted by molar-refractivity contribution is 7.91. The number of hydrogen-bond acceptors (Lipinski definition) is 7. The zero-order valence-corrected chi connectivity index (χ0v) is 21.9. The monoisotopic (exact) mass is 506 g/mol. The third kappa shape index (κ3) is 5.00. The first-order valence-corrected chi connectivity index (χ1v) is 14.2. The van der Waals surface area contributed by atoms with Crippen molar-refractivity contribution in [1.82, 2.24) is 14.2 Å². The van der Waals surface area contributed by atoms with E-state index in [2.05, 4.69) is 30.9 Å². The van der Waals surface area contributed by atoms with Gasteiger partial charge in [-0.15, -0.1) is 11.3 Å². The zero-order valence-electron chi connectivity index (χ0n) is 19.4. The second-order valence-corrected chi connectivity index (χ2v) is 12.8. The molecule has 1 aliphatic rings. The molecule has 10 heteroatoms. The summed E-state index contributed by atoms with van der Waals surface area (Å²) >= 11 is 2.68. The van der Waals surface area contributed by atoms with E-state index in [1.54, 1.807) is 22.4 Å². The number of nitrogens with zero attached hydrogens (tertiary/aromatic N) is 4. The first-order valence-electron chi connectivity index (χ1n) is 11.1. The van der Waals surface area contributed by atoms with Gasteiger partial charge in [-0.2, -0.15) is 4.31 Å². The van der Waals surface area contributed by atoms with E-state index in [9.17, 15) is 13.2 Å². The molecule has 33 heavy (non-hydrogen) atoms. The molecule has 0 aliphatic carbocycles. The average molecular weight is 507 g/mol. The van der Waals surface area contributed by atoms with Crippen LogP contribution in [0.25, 0.3) is 10.2 Å². The van der Waals surface area contributed by atoms with E-state index in [0.717, 1.165) is 28.7 Å². The number of hydrogen-bond donors (Lipinski definition) is 0. The van der Waals surface area contributed by atoms with Gasteiger partial charge in [0, 0.05) is 13.1 Å². The Hall–Kier alpha value is -1.85. The minimum Gasteiger partial charge on any atom is -0.309 e. The van der Waals surface area contributed by atoms with Gasteiger partial charge in [0.05, 0.1) is 10.2 Å². The van der Waals surface area contributed by atoms with E-state index in [1.165, 1.54) is 32.5 Å². The maximum Gasteiger partial charge on any atom is 0.253 e. The molecule has 3 heterocycles. The largest absolute Gasteiger partial charge is 0.309 e. The molecular weight excluding hydrogens is 476 g/mol. The van der Waals surface area contributed by atoms with Gasteiger partial charge in [-0.05, 0) is 88.5 Å². The van der Waals surface area contributed by atoms with Crippen molar-refractivity contribution in [3.8, 4) is 0 Å². The van der Waals surface area contributed by atoms with Gasteiger partial charge in [-0.25, -0.2) is 13.4 Å². The Morgan fingerprint density at radius 1 is 1.21 bits per heavy atom. The van der Waals surface area contributed by atoms with Gasteiger partial charge in [-0.1, -0.05) is 17.4 Å². The molecule has 0 saturated carbocycles. The van der Waals surface area contributed by atoms with Crippen LogP contribution < -0.4 is 4.90 Å². The van der Waals surface area contributed by atoms with E-state index >= 15 is 0 Å². The molecule has 1 saturated heterocycles. The predicted octanol–water partition coefficient (Wildman–Crippen LogP) is 4.11. The molecule has 1 unspecified atom stereocenters. The Morgan fingerprint density at radius 3 is 2.67 bits per heavy atom. The SMILES string of the molecule is Cc1cc2nc(N(CCCN(C)C)C(=O)C3CCCN3S(=O)(=O)c3cccs3)sc2cc1C. The van der Waals surface area contributed by atoms with Crippen molar-refractivity contribution in [3.05, 3.63) is 40.8 Å². The number of amides is 1. The second-order valence-electron chi connectivity index (χ2n) is 8.75. The molecule has 1 aliphatic heterocycles. The molecule has 178 valence electrons. The number of aryl methyl sites for hydroxylation is 2. The van der Waals surface area contributed by atoms with Crippen LogP contribution in [0, 0.1) is 13.8 Å². The number of sulfonamides is 1. The molecule has 0 bridgehead atoms. The van der Waals surface area contributed by atoms with Crippen molar-refractivity contribution >= 4 is 54.0 Å². The Balaban J connectivity index is 1.67. The summed E-state index contributed by atoms with van der Waals surface area (Å²) < 4.78 is 29.2. The summed E-state index contributed by atoms with van der Waals surface area (Å²) in [5.74, 6) is -0.182. The first-order chi connectivity index (χ1) is 15.7. The van der Waals surface area contributed by atoms with Crippen molar-refractivity contribution in [1.29, 1.82) is 0 Å². The number of aromatic nitrogens is 1. The highest BCUT2D eigenvalue weighted by Crippen LogP contribution is 2.34. The molecule has 4 rings (SSSR count). The fraction of sp³-hybridized carbons (Fsp3) is 0.478. The molecule has 1 aromatic carbocycles. The number of benzene rings is 1. The summed E-state index contributed by atoms with van der Waals surface area (Å²) in [5, 5.41) is 2.39. The molecule has 1 fully saturated rings. The summed E-state index contributed by atoms with van der Waals surface area (Å²) in [5.41, 5.74) is 3.22. The highest BCUT2D eigenvalue weighted by atomic mass is 32.2. The molecule has 2 aromatic heterocycles. The van der Waals surface area contributed by atoms with Crippen LogP contribution in [0.1, 0.15) is 30.4 Å². The van der Waals surface area contributed by atoms with E-state index < -0.39 is 16.1 Å². The number of thiazole rings is 1. The fourth-order valence-electron chi connectivity index (χ4n) is 4.11. The summed E-state index contributed by atoms with van der Waals surface area (Å²) in [4.78, 5) is 22.4. The van der Waals surface area contributed by atoms with Crippen LogP contribution in [-0.2, 0) is 14.8 Å². The second kappa shape index (κ2) is 9.79. The lowest BCUT2D eigenvalue weighted by molar-refractivity contribution is -0.121. The van der Waals surface area contributed by atoms with E-state index in [4.69, 9.17) is 4.98 Å². The van der Waals surface area contributed by atoms with Crippen LogP contribution in [0.3, 0.4) is 0 Å². The van der Waals surface area contributed by atoms with Gasteiger partial charge in [0.25, 0.3) is 10.0 Å². The van der Waals surface area contributed by atoms with Crippen LogP contribution in [0.2, 0.25) is 0 Å². The van der Waals surface area contributed by atoms with Crippen molar-refractivity contribution in [2.75, 3.05) is 38.6 Å². The topological polar surface area (TPSA) is 73.8 Å². The number of anilines is 1. The summed E-state index contributed by atoms with van der Waals surface area (Å²) in [6, 6.07) is 6.79. The normalized spacial score (nSPS) is 17.3. The number of fused-ring (bicyclic) bond motifs is 1. The van der Waals surface area contributed by atoms with Crippen molar-refractivity contribution < 1.29 is 13.2 Å². The Labute approximate surface area is 203 Å². The van der Waals surface area contributed by atoms with Gasteiger partial charge < -0.3 is 4.90 Å². The molecule has 0 radical (unpaired) electrons. The van der Waals surface area contributed by atoms with Crippen LogP contribution in [0.4, 0.5) is 5.13 Å². The lowest BCUT2D eigenvalue weighted by atomic mass is 10.1. The maximum atomic E-state index is 13.8. The van der Waals surface area contributed by atoms with Gasteiger partial charge >= 0.3 is 0 Å². The molecular formula is C23H30N4O3S3. The van der Waals surface area contributed by atoms with Crippen LogP contribution in [0.5, 0.6) is 0 Å². The average Bonchev–Trinajstić information content (AvgIpc) is 3.51. The third-order valence-corrected chi connectivity index (χ3v) is 10.3. The summed E-state index contributed by atoms with van der Waals surface area (Å²) in [6.07, 6.45) is 1.97. The highest BCUT2D eigenvalue weighted by Gasteiger charge is 2.42. The van der Waals surface area contributed by atoms with E-state index in [-0.39, 0.29) is 10.1 Å². The standard InChI is InChI=1S/C23H30N4O3S3/c1-16-14-18-20(15-17(16)2)32-23(24-18)26(11-7-10-25(3)4)22(28)19-8-5-12-27(19)33(29,30)21-9-6-13-31-21/h6,9,13-15,19H,5,7-8,10-12H2,1-4H3. The molecule has 0 spiro atoms. The number of carbonyl (C=O) groups excluding carboxylic acids is 1. The molecule has 1 atom stereocenters. The fourth-order valence-corrected chi connectivity index (χ4v) is 7.96. The van der Waals surface area contributed by atoms with Crippen LogP contribution in [-0.4, -0.2) is 68.3 Å². The molecule has 7 nitrogen and oxygen atoms in total. The summed E-state index contributed by atoms with van der Waals surface area (Å²) in [6.45, 7) is 5.81. The number of thiophene rings is 1. The smallest absolute Gasteiger partial charge is 0.253 e. The third-order valence-electron chi connectivity index (χ3n) is 6.02. The first kappa shape index (κ1) is 24.3. The molecule has 0 N–H and O–H groups in total. The van der Waals surface area contributed by atoms with Crippen molar-refractivity contribution in [2.24, 2.45) is 0 Å². The maximum absolute atomic E-state index is 13.8. The van der Waals surface area contributed by atoms with Gasteiger partial charge in [0.1, 0.15) is 10.3 Å².